The number of nitrogens with zero attached hydrogens (tertiary/aromatic N) is 1. The second kappa shape index (κ2) is 15.1. The Labute approximate surface area is 199 Å². The summed E-state index contributed by atoms with van der Waals surface area (Å²) in [6.07, 6.45) is -0.117. The third kappa shape index (κ3) is 9.80. The van der Waals surface area contributed by atoms with Crippen LogP contribution < -0.4 is 20.1 Å². The molecule has 30 heavy (non-hydrogen) atoms. The van der Waals surface area contributed by atoms with Gasteiger partial charge >= 0.3 is 0 Å². The van der Waals surface area contributed by atoms with E-state index < -0.39 is 10.8 Å². The van der Waals surface area contributed by atoms with Crippen LogP contribution in [0.3, 0.4) is 0 Å². The molecule has 0 amide bonds. The molecule has 2 rings (SSSR count). The lowest BCUT2D eigenvalue weighted by molar-refractivity contribution is 0.219. The second-order valence-electron chi connectivity index (χ2n) is 6.50. The van der Waals surface area contributed by atoms with Gasteiger partial charge in [0.15, 0.2) is 17.5 Å². The summed E-state index contributed by atoms with van der Waals surface area (Å²) >= 11 is 0. The van der Waals surface area contributed by atoms with E-state index in [1.54, 1.807) is 7.11 Å². The fourth-order valence-corrected chi connectivity index (χ4v) is 3.69. The molecule has 0 radical (unpaired) electrons. The van der Waals surface area contributed by atoms with E-state index in [2.05, 4.69) is 15.6 Å². The molecule has 0 aliphatic heterocycles. The van der Waals surface area contributed by atoms with Crippen LogP contribution in [0.1, 0.15) is 19.4 Å². The van der Waals surface area contributed by atoms with Crippen LogP contribution in [0.5, 0.6) is 11.5 Å². The summed E-state index contributed by atoms with van der Waals surface area (Å²) in [6, 6.07) is 17.5. The maximum Gasteiger partial charge on any atom is 0.191 e. The highest BCUT2D eigenvalue weighted by molar-refractivity contribution is 14.0. The predicted molar refractivity (Wildman–Crippen MR) is 136 cm³/mol. The van der Waals surface area contributed by atoms with Crippen LogP contribution in [0.2, 0.25) is 0 Å². The molecule has 0 spiro atoms. The van der Waals surface area contributed by atoms with Gasteiger partial charge in [-0.2, -0.15) is 0 Å². The average molecular weight is 545 g/mol. The molecule has 0 saturated heterocycles. The van der Waals surface area contributed by atoms with E-state index in [1.165, 1.54) is 0 Å². The number of guanidine groups is 1. The van der Waals surface area contributed by atoms with E-state index in [1.807, 2.05) is 68.4 Å². The first kappa shape index (κ1) is 26.2. The lowest BCUT2D eigenvalue weighted by Crippen LogP contribution is -2.39. The Morgan fingerprint density at radius 1 is 1.07 bits per heavy atom. The van der Waals surface area contributed by atoms with Crippen LogP contribution in [0.15, 0.2) is 59.6 Å². The number of methoxy groups -OCH3 is 1. The lowest BCUT2D eigenvalue weighted by Gasteiger charge is -2.16. The summed E-state index contributed by atoms with van der Waals surface area (Å²) in [5.74, 6) is 3.23. The molecule has 166 valence electrons. The maximum atomic E-state index is 12.3. The zero-order valence-corrected chi connectivity index (χ0v) is 20.9. The maximum absolute atomic E-state index is 12.3. The fraction of sp³-hybridized carbons (Fsp3) is 0.409. The van der Waals surface area contributed by atoms with Gasteiger partial charge in [-0.3, -0.25) is 4.21 Å². The Morgan fingerprint density at radius 2 is 1.73 bits per heavy atom. The summed E-state index contributed by atoms with van der Waals surface area (Å²) in [7, 11) is 0.707. The highest BCUT2D eigenvalue weighted by Gasteiger charge is 2.09. The van der Waals surface area contributed by atoms with E-state index >= 15 is 0 Å². The SMILES string of the molecule is CCNC(=NCC(C)Oc1ccccc1OC)NCCS(=O)Cc1ccccc1.I. The van der Waals surface area contributed by atoms with Gasteiger partial charge in [-0.15, -0.1) is 24.0 Å². The topological polar surface area (TPSA) is 72.0 Å². The molecule has 8 heteroatoms. The van der Waals surface area contributed by atoms with E-state index in [4.69, 9.17) is 9.47 Å². The second-order valence-corrected chi connectivity index (χ2v) is 8.08. The van der Waals surface area contributed by atoms with Gasteiger partial charge in [-0.1, -0.05) is 42.5 Å². The molecule has 2 aromatic rings. The van der Waals surface area contributed by atoms with Crippen molar-refractivity contribution in [2.45, 2.75) is 25.7 Å². The Balaban J connectivity index is 0.00000450. The molecule has 2 N–H and O–H groups in total. The number of halogens is 1. The number of ether oxygens (including phenoxy) is 2. The van der Waals surface area contributed by atoms with E-state index in [0.717, 1.165) is 12.1 Å². The van der Waals surface area contributed by atoms with Crippen LogP contribution in [0.25, 0.3) is 0 Å². The van der Waals surface area contributed by atoms with Gasteiger partial charge in [0.2, 0.25) is 0 Å². The monoisotopic (exact) mass is 545 g/mol. The van der Waals surface area contributed by atoms with Crippen molar-refractivity contribution in [3.05, 3.63) is 60.2 Å². The summed E-state index contributed by atoms with van der Waals surface area (Å²) < 4.78 is 23.5. The molecule has 0 aliphatic carbocycles. The number of aliphatic imine (C=N–C) groups is 1. The molecule has 0 bridgehead atoms. The third-order valence-corrected chi connectivity index (χ3v) is 5.36. The lowest BCUT2D eigenvalue weighted by atomic mass is 10.2. The number of para-hydroxylation sites is 2. The standard InChI is InChI=1S/C22H31N3O3S.HI/c1-4-23-22(24-14-15-29(26)17-19-10-6-5-7-11-19)25-16-18(2)28-21-13-9-8-12-20(21)27-3;/h5-13,18H,4,14-17H2,1-3H3,(H2,23,24,25);1H. The fourth-order valence-electron chi connectivity index (χ4n) is 2.65. The number of nitrogens with one attached hydrogen (secondary N) is 2. The molecule has 0 aromatic heterocycles. The zero-order chi connectivity index (χ0) is 20.9. The minimum absolute atomic E-state index is 0. The third-order valence-electron chi connectivity index (χ3n) is 4.04. The molecule has 2 atom stereocenters. The van der Waals surface area contributed by atoms with Crippen LogP contribution in [-0.4, -0.2) is 48.8 Å². The smallest absolute Gasteiger partial charge is 0.191 e. The highest BCUT2D eigenvalue weighted by Crippen LogP contribution is 2.26. The van der Waals surface area contributed by atoms with Crippen molar-refractivity contribution in [3.8, 4) is 11.5 Å². The molecule has 2 unspecified atom stereocenters. The number of hydrogen-bond acceptors (Lipinski definition) is 4. The molecule has 0 aliphatic rings. The van der Waals surface area contributed by atoms with E-state index in [0.29, 0.717) is 42.1 Å². The predicted octanol–water partition coefficient (Wildman–Crippen LogP) is 3.58. The van der Waals surface area contributed by atoms with Gasteiger partial charge in [-0.05, 0) is 31.5 Å². The van der Waals surface area contributed by atoms with Crippen molar-refractivity contribution in [1.29, 1.82) is 0 Å². The minimum atomic E-state index is -0.918. The molecular weight excluding hydrogens is 513 g/mol. The molecule has 6 nitrogen and oxygen atoms in total. The molecule has 0 fully saturated rings. The molecule has 2 aromatic carbocycles. The van der Waals surface area contributed by atoms with Crippen molar-refractivity contribution in [3.63, 3.8) is 0 Å². The normalized spacial score (nSPS) is 13.0. The van der Waals surface area contributed by atoms with Crippen molar-refractivity contribution < 1.29 is 13.7 Å². The van der Waals surface area contributed by atoms with Gasteiger partial charge < -0.3 is 20.1 Å². The number of benzene rings is 2. The van der Waals surface area contributed by atoms with Gasteiger partial charge in [0.05, 0.1) is 13.7 Å². The number of hydrogen-bond donors (Lipinski definition) is 2. The molecule has 0 heterocycles. The summed E-state index contributed by atoms with van der Waals surface area (Å²) in [6.45, 7) is 5.81. The van der Waals surface area contributed by atoms with E-state index in [9.17, 15) is 4.21 Å². The summed E-state index contributed by atoms with van der Waals surface area (Å²) in [5, 5.41) is 6.45. The summed E-state index contributed by atoms with van der Waals surface area (Å²) in [4.78, 5) is 4.58. The zero-order valence-electron chi connectivity index (χ0n) is 17.8. The Kier molecular flexibility index (Phi) is 13.2. The molecule has 0 saturated carbocycles. The van der Waals surface area contributed by atoms with Gasteiger partial charge in [0.25, 0.3) is 0 Å². The average Bonchev–Trinajstić information content (AvgIpc) is 2.73. The first-order valence-electron chi connectivity index (χ1n) is 9.83. The Hall–Kier alpha value is -1.81. The summed E-state index contributed by atoms with van der Waals surface area (Å²) in [5.41, 5.74) is 1.09. The van der Waals surface area contributed by atoms with Crippen LogP contribution >= 0.6 is 24.0 Å². The van der Waals surface area contributed by atoms with Crippen molar-refractivity contribution in [2.24, 2.45) is 4.99 Å². The van der Waals surface area contributed by atoms with Crippen LogP contribution in [0, 0.1) is 0 Å². The van der Waals surface area contributed by atoms with E-state index in [-0.39, 0.29) is 30.1 Å². The van der Waals surface area contributed by atoms with Crippen molar-refractivity contribution >= 4 is 40.7 Å². The van der Waals surface area contributed by atoms with Gasteiger partial charge in [0.1, 0.15) is 6.10 Å². The van der Waals surface area contributed by atoms with Crippen LogP contribution in [-0.2, 0) is 16.6 Å². The Morgan fingerprint density at radius 3 is 2.40 bits per heavy atom. The quantitative estimate of drug-likeness (QED) is 0.257. The first-order valence-corrected chi connectivity index (χ1v) is 11.3. The highest BCUT2D eigenvalue weighted by atomic mass is 127. The van der Waals surface area contributed by atoms with Crippen molar-refractivity contribution in [2.75, 3.05) is 32.5 Å². The minimum Gasteiger partial charge on any atom is -0.493 e. The molecular formula is C22H32IN3O3S. The van der Waals surface area contributed by atoms with Crippen molar-refractivity contribution in [1.82, 2.24) is 10.6 Å². The largest absolute Gasteiger partial charge is 0.493 e. The number of rotatable bonds is 11. The van der Waals surface area contributed by atoms with Crippen LogP contribution in [0.4, 0.5) is 0 Å². The first-order chi connectivity index (χ1) is 14.1. The van der Waals surface area contributed by atoms with Gasteiger partial charge in [-0.25, -0.2) is 4.99 Å². The Bertz CT molecular complexity index is 790. The van der Waals surface area contributed by atoms with Gasteiger partial charge in [0, 0.05) is 35.4 Å².